The summed E-state index contributed by atoms with van der Waals surface area (Å²) >= 11 is 0. The minimum absolute atomic E-state index is 0.0609. The first-order valence-corrected chi connectivity index (χ1v) is 6.60. The molecule has 1 aliphatic carbocycles. The molecule has 1 saturated carbocycles. The number of nitrogens with two attached hydrogens (primary N) is 1. The Kier molecular flexibility index (Phi) is 3.14. The molecule has 0 bridgehead atoms. The molecule has 2 aromatic rings. The lowest BCUT2D eigenvalue weighted by Gasteiger charge is -2.15. The number of carbonyl (C=O) groups excluding carboxylic acids is 1. The second-order valence-electron chi connectivity index (χ2n) is 5.06. The van der Waals surface area contributed by atoms with E-state index in [9.17, 15) is 4.79 Å². The Morgan fingerprint density at radius 2 is 2.10 bits per heavy atom. The number of nitrogen functional groups attached to an aromatic ring is 1. The highest BCUT2D eigenvalue weighted by Gasteiger charge is 2.50. The average Bonchev–Trinajstić information content (AvgIpc) is 3.10. The van der Waals surface area contributed by atoms with Gasteiger partial charge in [0.2, 0.25) is 12.3 Å². The summed E-state index contributed by atoms with van der Waals surface area (Å²) < 4.78 is 4.65. The summed E-state index contributed by atoms with van der Waals surface area (Å²) in [5.41, 5.74) is 7.05. The van der Waals surface area contributed by atoms with E-state index in [0.717, 1.165) is 18.4 Å². The first-order valence-electron chi connectivity index (χ1n) is 6.60. The molecular formula is C14H16N4O2. The van der Waals surface area contributed by atoms with Crippen LogP contribution in [0.2, 0.25) is 0 Å². The van der Waals surface area contributed by atoms with Crippen LogP contribution in [0.1, 0.15) is 24.2 Å². The molecule has 1 fully saturated rings. The molecule has 0 radical (unpaired) electrons. The average molecular weight is 272 g/mol. The normalized spacial score (nSPS) is 15.8. The number of carbonyl (C=O) groups is 1. The second kappa shape index (κ2) is 4.96. The van der Waals surface area contributed by atoms with Crippen molar-refractivity contribution in [1.82, 2.24) is 15.5 Å². The van der Waals surface area contributed by atoms with Gasteiger partial charge in [0.1, 0.15) is 0 Å². The van der Waals surface area contributed by atoms with E-state index in [-0.39, 0.29) is 11.3 Å². The predicted molar refractivity (Wildman–Crippen MR) is 72.8 cm³/mol. The van der Waals surface area contributed by atoms with E-state index >= 15 is 0 Å². The van der Waals surface area contributed by atoms with Crippen LogP contribution in [0.4, 0.5) is 5.69 Å². The van der Waals surface area contributed by atoms with Gasteiger partial charge in [-0.25, -0.2) is 0 Å². The van der Waals surface area contributed by atoms with E-state index in [4.69, 9.17) is 5.73 Å². The van der Waals surface area contributed by atoms with Crippen LogP contribution in [0.5, 0.6) is 0 Å². The number of nitrogens with zero attached hydrogens (tertiary/aromatic N) is 2. The Hall–Kier alpha value is -2.37. The van der Waals surface area contributed by atoms with Gasteiger partial charge >= 0.3 is 0 Å². The maximum absolute atomic E-state index is 12.3. The van der Waals surface area contributed by atoms with Crippen LogP contribution in [-0.4, -0.2) is 22.6 Å². The van der Waals surface area contributed by atoms with Gasteiger partial charge in [-0.15, -0.1) is 0 Å². The SMILES string of the molecule is Nc1ccc(C2(C(=O)NCCc3ncon3)CC2)cc1. The Morgan fingerprint density at radius 3 is 2.70 bits per heavy atom. The molecule has 1 heterocycles. The van der Waals surface area contributed by atoms with E-state index in [1.807, 2.05) is 24.3 Å². The highest BCUT2D eigenvalue weighted by atomic mass is 16.5. The minimum atomic E-state index is -0.370. The van der Waals surface area contributed by atoms with Crippen LogP contribution in [0, 0.1) is 0 Å². The van der Waals surface area contributed by atoms with Gasteiger partial charge in [-0.2, -0.15) is 4.98 Å². The summed E-state index contributed by atoms with van der Waals surface area (Å²) in [6, 6.07) is 7.53. The van der Waals surface area contributed by atoms with Crippen LogP contribution < -0.4 is 11.1 Å². The summed E-state index contributed by atoms with van der Waals surface area (Å²) in [5.74, 6) is 0.661. The van der Waals surface area contributed by atoms with Gasteiger partial charge in [-0.1, -0.05) is 17.3 Å². The van der Waals surface area contributed by atoms with Crippen molar-refractivity contribution in [2.75, 3.05) is 12.3 Å². The molecule has 3 N–H and O–H groups in total. The lowest BCUT2D eigenvalue weighted by atomic mass is 9.95. The summed E-state index contributed by atoms with van der Waals surface area (Å²) in [5, 5.41) is 6.65. The molecule has 0 saturated heterocycles. The van der Waals surface area contributed by atoms with E-state index in [1.54, 1.807) is 0 Å². The van der Waals surface area contributed by atoms with Gasteiger partial charge in [0.25, 0.3) is 0 Å². The third-order valence-corrected chi connectivity index (χ3v) is 3.69. The van der Waals surface area contributed by atoms with Gasteiger partial charge in [0, 0.05) is 18.7 Å². The molecule has 3 rings (SSSR count). The quantitative estimate of drug-likeness (QED) is 0.793. The van der Waals surface area contributed by atoms with Crippen LogP contribution >= 0.6 is 0 Å². The molecule has 104 valence electrons. The fourth-order valence-electron chi connectivity index (χ4n) is 2.33. The van der Waals surface area contributed by atoms with Crippen LogP contribution in [0.3, 0.4) is 0 Å². The van der Waals surface area contributed by atoms with E-state index in [2.05, 4.69) is 20.0 Å². The Morgan fingerprint density at radius 1 is 1.35 bits per heavy atom. The highest BCUT2D eigenvalue weighted by Crippen LogP contribution is 2.48. The lowest BCUT2D eigenvalue weighted by molar-refractivity contribution is -0.123. The van der Waals surface area contributed by atoms with E-state index in [1.165, 1.54) is 6.39 Å². The number of amides is 1. The Balaban J connectivity index is 1.60. The number of rotatable bonds is 5. The zero-order valence-electron chi connectivity index (χ0n) is 11.0. The van der Waals surface area contributed by atoms with Crippen LogP contribution in [0.25, 0.3) is 0 Å². The van der Waals surface area contributed by atoms with Gasteiger partial charge in [-0.05, 0) is 30.5 Å². The second-order valence-corrected chi connectivity index (χ2v) is 5.06. The van der Waals surface area contributed by atoms with Crippen molar-refractivity contribution in [3.05, 3.63) is 42.0 Å². The molecule has 1 amide bonds. The van der Waals surface area contributed by atoms with E-state index in [0.29, 0.717) is 24.5 Å². The smallest absolute Gasteiger partial charge is 0.230 e. The van der Waals surface area contributed by atoms with Crippen molar-refractivity contribution in [1.29, 1.82) is 0 Å². The van der Waals surface area contributed by atoms with Crippen molar-refractivity contribution in [2.45, 2.75) is 24.7 Å². The van der Waals surface area contributed by atoms with Gasteiger partial charge in [-0.3, -0.25) is 4.79 Å². The maximum Gasteiger partial charge on any atom is 0.230 e. The van der Waals surface area contributed by atoms with Gasteiger partial charge in [0.15, 0.2) is 5.82 Å². The number of hydrogen-bond acceptors (Lipinski definition) is 5. The largest absolute Gasteiger partial charge is 0.399 e. The van der Waals surface area contributed by atoms with Crippen molar-refractivity contribution in [2.24, 2.45) is 0 Å². The summed E-state index contributed by atoms with van der Waals surface area (Å²) in [4.78, 5) is 16.3. The third kappa shape index (κ3) is 2.36. The topological polar surface area (TPSA) is 94.0 Å². The molecule has 1 aromatic heterocycles. The fourth-order valence-corrected chi connectivity index (χ4v) is 2.33. The molecule has 20 heavy (non-hydrogen) atoms. The number of benzene rings is 1. The van der Waals surface area contributed by atoms with Crippen LogP contribution in [-0.2, 0) is 16.6 Å². The predicted octanol–water partition coefficient (Wildman–Crippen LogP) is 1.04. The molecule has 0 unspecified atom stereocenters. The zero-order valence-corrected chi connectivity index (χ0v) is 11.0. The standard InChI is InChI=1S/C14H16N4O2/c15-11-3-1-10(2-4-11)14(6-7-14)13(19)16-8-5-12-17-9-20-18-12/h1-4,9H,5-8,15H2,(H,16,19). The van der Waals surface area contributed by atoms with Gasteiger partial charge in [0.05, 0.1) is 5.41 Å². The zero-order chi connectivity index (χ0) is 14.0. The molecule has 1 aromatic carbocycles. The number of anilines is 1. The van der Waals surface area contributed by atoms with Crippen LogP contribution in [0.15, 0.2) is 35.2 Å². The molecule has 6 nitrogen and oxygen atoms in total. The first-order chi connectivity index (χ1) is 9.71. The van der Waals surface area contributed by atoms with Crippen molar-refractivity contribution in [3.63, 3.8) is 0 Å². The first kappa shape index (κ1) is 12.7. The molecule has 0 atom stereocenters. The minimum Gasteiger partial charge on any atom is -0.399 e. The van der Waals surface area contributed by atoms with E-state index < -0.39 is 0 Å². The van der Waals surface area contributed by atoms with Crippen molar-refractivity contribution >= 4 is 11.6 Å². The molecule has 6 heteroatoms. The maximum atomic E-state index is 12.3. The highest BCUT2D eigenvalue weighted by molar-refractivity contribution is 5.91. The number of nitrogens with one attached hydrogen (secondary N) is 1. The number of aromatic nitrogens is 2. The van der Waals surface area contributed by atoms with Crippen molar-refractivity contribution in [3.8, 4) is 0 Å². The Labute approximate surface area is 116 Å². The molecule has 1 aliphatic rings. The molecule has 0 aliphatic heterocycles. The third-order valence-electron chi connectivity index (χ3n) is 3.69. The number of hydrogen-bond donors (Lipinski definition) is 2. The summed E-state index contributed by atoms with van der Waals surface area (Å²) in [7, 11) is 0. The Bertz CT molecular complexity index is 588. The fraction of sp³-hybridized carbons (Fsp3) is 0.357. The van der Waals surface area contributed by atoms with Gasteiger partial charge < -0.3 is 15.6 Å². The molecule has 0 spiro atoms. The monoisotopic (exact) mass is 272 g/mol. The summed E-state index contributed by atoms with van der Waals surface area (Å²) in [6.07, 6.45) is 3.61. The van der Waals surface area contributed by atoms with Crippen molar-refractivity contribution < 1.29 is 9.32 Å². The summed E-state index contributed by atoms with van der Waals surface area (Å²) in [6.45, 7) is 0.509. The lowest BCUT2D eigenvalue weighted by Crippen LogP contribution is -2.36. The molecular weight excluding hydrogens is 256 g/mol.